The van der Waals surface area contributed by atoms with Crippen LogP contribution in [0, 0.1) is 6.92 Å². The first-order valence-corrected chi connectivity index (χ1v) is 12.5. The highest BCUT2D eigenvalue weighted by Crippen LogP contribution is 2.37. The number of aryl methyl sites for hydroxylation is 1. The minimum atomic E-state index is -4.04. The van der Waals surface area contributed by atoms with Gasteiger partial charge in [0.25, 0.3) is 15.9 Å². The van der Waals surface area contributed by atoms with Crippen molar-refractivity contribution in [2.45, 2.75) is 37.7 Å². The van der Waals surface area contributed by atoms with E-state index in [-0.39, 0.29) is 33.4 Å². The average Bonchev–Trinajstić information content (AvgIpc) is 2.79. The summed E-state index contributed by atoms with van der Waals surface area (Å²) >= 11 is 6.17. The van der Waals surface area contributed by atoms with Crippen molar-refractivity contribution in [3.63, 3.8) is 0 Å². The van der Waals surface area contributed by atoms with Gasteiger partial charge in [-0.1, -0.05) is 17.7 Å². The quantitative estimate of drug-likeness (QED) is 0.591. The molecule has 1 heterocycles. The van der Waals surface area contributed by atoms with Crippen molar-refractivity contribution >= 4 is 33.2 Å². The van der Waals surface area contributed by atoms with E-state index < -0.39 is 10.0 Å². The first-order chi connectivity index (χ1) is 15.7. The predicted molar refractivity (Wildman–Crippen MR) is 127 cm³/mol. The molecule has 0 aromatic heterocycles. The molecule has 1 aliphatic heterocycles. The van der Waals surface area contributed by atoms with Gasteiger partial charge >= 0.3 is 0 Å². The van der Waals surface area contributed by atoms with Crippen LogP contribution in [0.5, 0.6) is 11.5 Å². The molecule has 1 amide bonds. The van der Waals surface area contributed by atoms with Crippen molar-refractivity contribution in [2.24, 2.45) is 0 Å². The van der Waals surface area contributed by atoms with Gasteiger partial charge < -0.3 is 19.1 Å². The maximum absolute atomic E-state index is 13.2. The molecule has 33 heavy (non-hydrogen) atoms. The Morgan fingerprint density at radius 2 is 1.79 bits per heavy atom. The van der Waals surface area contributed by atoms with E-state index in [0.29, 0.717) is 36.6 Å². The van der Waals surface area contributed by atoms with Crippen LogP contribution in [0.1, 0.15) is 35.7 Å². The molecule has 1 fully saturated rings. The lowest BCUT2D eigenvalue weighted by atomic mass is 10.1. The fraction of sp³-hybridized carbons (Fsp3) is 0.435. The van der Waals surface area contributed by atoms with E-state index in [2.05, 4.69) is 4.72 Å². The van der Waals surface area contributed by atoms with Crippen LogP contribution >= 0.6 is 11.6 Å². The molecular weight excluding hydrogens is 468 g/mol. The summed E-state index contributed by atoms with van der Waals surface area (Å²) in [7, 11) is -1.17. The Labute approximate surface area is 199 Å². The number of nitrogens with one attached hydrogen (secondary N) is 1. The maximum Gasteiger partial charge on any atom is 0.262 e. The van der Waals surface area contributed by atoms with Crippen molar-refractivity contribution in [2.75, 3.05) is 38.6 Å². The fourth-order valence-corrected chi connectivity index (χ4v) is 5.38. The summed E-state index contributed by atoms with van der Waals surface area (Å²) in [5, 5.41) is 0.229. The molecule has 0 bridgehead atoms. The van der Waals surface area contributed by atoms with Gasteiger partial charge in [-0.05, 0) is 50.5 Å². The van der Waals surface area contributed by atoms with Crippen LogP contribution < -0.4 is 14.2 Å². The Balaban J connectivity index is 1.86. The molecule has 0 saturated carbocycles. The third kappa shape index (κ3) is 5.72. The van der Waals surface area contributed by atoms with Crippen LogP contribution in [0.15, 0.2) is 35.2 Å². The van der Waals surface area contributed by atoms with E-state index in [4.69, 9.17) is 25.8 Å². The molecule has 180 valence electrons. The highest BCUT2D eigenvalue weighted by Gasteiger charge is 2.26. The van der Waals surface area contributed by atoms with Gasteiger partial charge in [-0.25, -0.2) is 8.42 Å². The lowest BCUT2D eigenvalue weighted by molar-refractivity contribution is 0.0146. The normalized spacial score (nSPS) is 14.8. The van der Waals surface area contributed by atoms with E-state index in [1.807, 2.05) is 6.92 Å². The number of methoxy groups -OCH3 is 2. The molecule has 0 radical (unpaired) electrons. The molecule has 1 aliphatic rings. The van der Waals surface area contributed by atoms with Crippen LogP contribution in [0.25, 0.3) is 0 Å². The zero-order valence-corrected chi connectivity index (χ0v) is 20.8. The summed E-state index contributed by atoms with van der Waals surface area (Å²) in [6.07, 6.45) is 1.68. The number of anilines is 1. The largest absolute Gasteiger partial charge is 0.495 e. The van der Waals surface area contributed by atoms with Crippen LogP contribution in [-0.2, 0) is 14.8 Å². The van der Waals surface area contributed by atoms with Crippen molar-refractivity contribution in [1.29, 1.82) is 0 Å². The monoisotopic (exact) mass is 496 g/mol. The van der Waals surface area contributed by atoms with Crippen molar-refractivity contribution < 1.29 is 27.4 Å². The van der Waals surface area contributed by atoms with E-state index in [9.17, 15) is 13.2 Å². The van der Waals surface area contributed by atoms with Crippen LogP contribution in [-0.4, -0.2) is 59.2 Å². The Kier molecular flexibility index (Phi) is 8.10. The molecule has 0 spiro atoms. The Morgan fingerprint density at radius 1 is 1.12 bits per heavy atom. The number of hydrogen-bond acceptors (Lipinski definition) is 6. The van der Waals surface area contributed by atoms with Crippen molar-refractivity contribution in [1.82, 2.24) is 4.90 Å². The minimum absolute atomic E-state index is 0.00606. The van der Waals surface area contributed by atoms with Gasteiger partial charge in [-0.15, -0.1) is 0 Å². The second-order valence-corrected chi connectivity index (χ2v) is 9.78. The Bertz CT molecular complexity index is 1110. The lowest BCUT2D eigenvalue weighted by Crippen LogP contribution is -2.41. The number of nitrogens with zero attached hydrogens (tertiary/aromatic N) is 1. The third-order valence-corrected chi connectivity index (χ3v) is 7.38. The number of likely N-dealkylation sites (tertiary alicyclic amines) is 1. The number of amides is 1. The van der Waals surface area contributed by atoms with E-state index >= 15 is 0 Å². The number of halogens is 1. The molecule has 0 unspecified atom stereocenters. The SMILES string of the molecule is CCOC1CCN(C(=O)c2ccc(C)c(S(=O)(=O)Nc3cc(Cl)c(OC)cc3OC)c2)CC1. The molecule has 3 rings (SSSR count). The summed E-state index contributed by atoms with van der Waals surface area (Å²) in [5.41, 5.74) is 0.987. The topological polar surface area (TPSA) is 94.2 Å². The lowest BCUT2D eigenvalue weighted by Gasteiger charge is -2.32. The smallest absolute Gasteiger partial charge is 0.262 e. The summed E-state index contributed by atoms with van der Waals surface area (Å²) in [4.78, 5) is 14.8. The molecule has 10 heteroatoms. The standard InChI is InChI=1S/C23H29ClN2O6S/c1-5-32-17-8-10-26(11-9-17)23(27)16-7-6-15(2)22(12-16)33(28,29)25-19-13-18(24)20(30-3)14-21(19)31-4/h6-7,12-14,17,25H,5,8-11H2,1-4H3. The van der Waals surface area contributed by atoms with E-state index in [0.717, 1.165) is 12.8 Å². The highest BCUT2D eigenvalue weighted by atomic mass is 35.5. The molecule has 2 aromatic rings. The van der Waals surface area contributed by atoms with Gasteiger partial charge in [0.2, 0.25) is 0 Å². The number of carbonyl (C=O) groups excluding carboxylic acids is 1. The van der Waals surface area contributed by atoms with Gasteiger partial charge in [0.05, 0.1) is 35.9 Å². The molecular formula is C23H29ClN2O6S. The van der Waals surface area contributed by atoms with Gasteiger partial charge in [0, 0.05) is 31.3 Å². The summed E-state index contributed by atoms with van der Waals surface area (Å²) < 4.78 is 45.1. The first kappa shape index (κ1) is 25.1. The third-order valence-electron chi connectivity index (χ3n) is 5.57. The molecule has 1 N–H and O–H groups in total. The number of rotatable bonds is 8. The van der Waals surface area contributed by atoms with E-state index in [1.54, 1.807) is 24.0 Å². The number of carbonyl (C=O) groups is 1. The average molecular weight is 497 g/mol. The first-order valence-electron chi connectivity index (χ1n) is 10.7. The second kappa shape index (κ2) is 10.6. The van der Waals surface area contributed by atoms with Crippen molar-refractivity contribution in [3.8, 4) is 11.5 Å². The van der Waals surface area contributed by atoms with Crippen LogP contribution in [0.4, 0.5) is 5.69 Å². The molecule has 2 aromatic carbocycles. The van der Waals surface area contributed by atoms with Crippen LogP contribution in [0.2, 0.25) is 5.02 Å². The zero-order valence-electron chi connectivity index (χ0n) is 19.2. The van der Waals surface area contributed by atoms with E-state index in [1.165, 1.54) is 32.4 Å². The van der Waals surface area contributed by atoms with Gasteiger partial charge in [-0.2, -0.15) is 0 Å². The highest BCUT2D eigenvalue weighted by molar-refractivity contribution is 7.92. The summed E-state index contributed by atoms with van der Waals surface area (Å²) in [6.45, 7) is 5.41. The Hall–Kier alpha value is -2.49. The molecule has 1 saturated heterocycles. The van der Waals surface area contributed by atoms with Gasteiger partial charge in [0.15, 0.2) is 0 Å². The van der Waals surface area contributed by atoms with Crippen molar-refractivity contribution in [3.05, 3.63) is 46.5 Å². The van der Waals surface area contributed by atoms with Crippen LogP contribution in [0.3, 0.4) is 0 Å². The number of ether oxygens (including phenoxy) is 3. The predicted octanol–water partition coefficient (Wildman–Crippen LogP) is 4.11. The van der Waals surface area contributed by atoms with Gasteiger partial charge in [-0.3, -0.25) is 9.52 Å². The Morgan fingerprint density at radius 3 is 2.39 bits per heavy atom. The second-order valence-electron chi connectivity index (χ2n) is 7.72. The maximum atomic E-state index is 13.2. The summed E-state index contributed by atoms with van der Waals surface area (Å²) in [5.74, 6) is 0.404. The number of sulfonamides is 1. The fourth-order valence-electron chi connectivity index (χ4n) is 3.81. The number of piperidine rings is 1. The van der Waals surface area contributed by atoms with Gasteiger partial charge in [0.1, 0.15) is 11.5 Å². The molecule has 0 atom stereocenters. The summed E-state index contributed by atoms with van der Waals surface area (Å²) in [6, 6.07) is 7.61. The molecule has 8 nitrogen and oxygen atoms in total. The number of benzene rings is 2. The zero-order chi connectivity index (χ0) is 24.2. The number of hydrogen-bond donors (Lipinski definition) is 1. The molecule has 0 aliphatic carbocycles. The minimum Gasteiger partial charge on any atom is -0.495 e.